The van der Waals surface area contributed by atoms with Gasteiger partial charge in [0.2, 0.25) is 0 Å². The molecule has 2 aromatic carbocycles. The molecule has 0 aromatic heterocycles. The first-order valence-electron chi connectivity index (χ1n) is 7.76. The third-order valence-corrected chi connectivity index (χ3v) is 4.30. The van der Waals surface area contributed by atoms with Crippen molar-refractivity contribution in [3.05, 3.63) is 42.0 Å². The Hall–Kier alpha value is -1.54. The van der Waals surface area contributed by atoms with Crippen LogP contribution in [0.4, 0.5) is 0 Å². The first-order chi connectivity index (χ1) is 9.88. The molecule has 0 atom stereocenters. The topological polar surface area (TPSA) is 35.2 Å². The van der Waals surface area contributed by atoms with E-state index in [9.17, 15) is 0 Å². The highest BCUT2D eigenvalue weighted by molar-refractivity contribution is 5.87. The smallest absolute Gasteiger partial charge is 0.124 e. The summed E-state index contributed by atoms with van der Waals surface area (Å²) in [5.41, 5.74) is 7.12. The van der Waals surface area contributed by atoms with E-state index >= 15 is 0 Å². The lowest BCUT2D eigenvalue weighted by molar-refractivity contribution is 0.182. The van der Waals surface area contributed by atoms with Crippen molar-refractivity contribution >= 4 is 10.8 Å². The predicted octanol–water partition coefficient (Wildman–Crippen LogP) is 4.40. The number of ether oxygens (including phenoxy) is 1. The average molecular weight is 269 g/mol. The van der Waals surface area contributed by atoms with Gasteiger partial charge < -0.3 is 10.5 Å². The molecule has 1 saturated carbocycles. The fourth-order valence-electron chi connectivity index (χ4n) is 3.18. The van der Waals surface area contributed by atoms with E-state index in [4.69, 9.17) is 10.5 Å². The van der Waals surface area contributed by atoms with E-state index in [0.29, 0.717) is 12.6 Å². The number of hydrogen-bond donors (Lipinski definition) is 1. The lowest BCUT2D eigenvalue weighted by Crippen LogP contribution is -2.16. The van der Waals surface area contributed by atoms with E-state index in [1.54, 1.807) is 0 Å². The molecule has 0 unspecified atom stereocenters. The van der Waals surface area contributed by atoms with E-state index in [-0.39, 0.29) is 0 Å². The maximum Gasteiger partial charge on any atom is 0.124 e. The van der Waals surface area contributed by atoms with Gasteiger partial charge in [0.15, 0.2) is 0 Å². The SMILES string of the molecule is NCc1c(OC2CCCCCC2)ccc2ccccc12. The molecule has 106 valence electrons. The highest BCUT2D eigenvalue weighted by Gasteiger charge is 2.16. The fourth-order valence-corrected chi connectivity index (χ4v) is 3.18. The molecule has 3 rings (SSSR count). The highest BCUT2D eigenvalue weighted by Crippen LogP contribution is 2.30. The van der Waals surface area contributed by atoms with Gasteiger partial charge in [-0.05, 0) is 42.5 Å². The minimum absolute atomic E-state index is 0.365. The van der Waals surface area contributed by atoms with Crippen molar-refractivity contribution in [1.82, 2.24) is 0 Å². The third kappa shape index (κ3) is 2.80. The molecule has 1 aliphatic carbocycles. The molecular weight excluding hydrogens is 246 g/mol. The van der Waals surface area contributed by atoms with Gasteiger partial charge in [-0.15, -0.1) is 0 Å². The molecule has 0 aliphatic heterocycles. The van der Waals surface area contributed by atoms with Crippen molar-refractivity contribution in [2.75, 3.05) is 0 Å². The molecule has 0 radical (unpaired) electrons. The number of hydrogen-bond acceptors (Lipinski definition) is 2. The van der Waals surface area contributed by atoms with Crippen LogP contribution in [0.3, 0.4) is 0 Å². The van der Waals surface area contributed by atoms with Gasteiger partial charge >= 0.3 is 0 Å². The summed E-state index contributed by atoms with van der Waals surface area (Å²) in [6.07, 6.45) is 7.99. The number of fused-ring (bicyclic) bond motifs is 1. The lowest BCUT2D eigenvalue weighted by atomic mass is 10.0. The number of nitrogens with two attached hydrogens (primary N) is 1. The van der Waals surface area contributed by atoms with Crippen LogP contribution in [-0.4, -0.2) is 6.10 Å². The molecular formula is C18H23NO. The molecule has 0 saturated heterocycles. The zero-order chi connectivity index (χ0) is 13.8. The van der Waals surface area contributed by atoms with Crippen molar-refractivity contribution in [3.63, 3.8) is 0 Å². The summed E-state index contributed by atoms with van der Waals surface area (Å²) in [6, 6.07) is 12.6. The van der Waals surface area contributed by atoms with Crippen molar-refractivity contribution in [1.29, 1.82) is 0 Å². The van der Waals surface area contributed by atoms with Crippen molar-refractivity contribution in [3.8, 4) is 5.75 Å². The minimum Gasteiger partial charge on any atom is -0.490 e. The van der Waals surface area contributed by atoms with Gasteiger partial charge in [-0.1, -0.05) is 43.2 Å². The van der Waals surface area contributed by atoms with Crippen molar-refractivity contribution in [2.24, 2.45) is 5.73 Å². The largest absolute Gasteiger partial charge is 0.490 e. The molecule has 0 heterocycles. The Labute approximate surface area is 120 Å². The summed E-state index contributed by atoms with van der Waals surface area (Å²) in [5, 5.41) is 2.46. The summed E-state index contributed by atoms with van der Waals surface area (Å²) in [7, 11) is 0. The summed E-state index contributed by atoms with van der Waals surface area (Å²) < 4.78 is 6.29. The van der Waals surface area contributed by atoms with Gasteiger partial charge in [0.1, 0.15) is 5.75 Å². The maximum absolute atomic E-state index is 6.29. The standard InChI is InChI=1S/C18H23NO/c19-13-17-16-10-6-5-7-14(16)11-12-18(17)20-15-8-3-1-2-4-9-15/h5-7,10-12,15H,1-4,8-9,13,19H2. The van der Waals surface area contributed by atoms with Crippen LogP contribution in [0.15, 0.2) is 36.4 Å². The third-order valence-electron chi connectivity index (χ3n) is 4.30. The van der Waals surface area contributed by atoms with Crippen LogP contribution < -0.4 is 10.5 Å². The Kier molecular flexibility index (Phi) is 4.22. The van der Waals surface area contributed by atoms with E-state index in [1.165, 1.54) is 49.3 Å². The van der Waals surface area contributed by atoms with Crippen molar-refractivity contribution in [2.45, 2.75) is 51.2 Å². The second-order valence-electron chi connectivity index (χ2n) is 5.70. The molecule has 2 aromatic rings. The van der Waals surface area contributed by atoms with Gasteiger partial charge in [-0.3, -0.25) is 0 Å². The Morgan fingerprint density at radius 3 is 2.45 bits per heavy atom. The van der Waals surface area contributed by atoms with Gasteiger partial charge in [-0.2, -0.15) is 0 Å². The summed E-state index contributed by atoms with van der Waals surface area (Å²) in [6.45, 7) is 0.531. The zero-order valence-electron chi connectivity index (χ0n) is 12.0. The Morgan fingerprint density at radius 1 is 0.950 bits per heavy atom. The average Bonchev–Trinajstić information content (AvgIpc) is 2.76. The molecule has 1 fully saturated rings. The Bertz CT molecular complexity index is 571. The molecule has 2 nitrogen and oxygen atoms in total. The quantitative estimate of drug-likeness (QED) is 0.838. The van der Waals surface area contributed by atoms with Crippen LogP contribution >= 0.6 is 0 Å². The van der Waals surface area contributed by atoms with E-state index < -0.39 is 0 Å². The predicted molar refractivity (Wildman–Crippen MR) is 84.0 cm³/mol. The highest BCUT2D eigenvalue weighted by atomic mass is 16.5. The molecule has 2 N–H and O–H groups in total. The Balaban J connectivity index is 1.90. The molecule has 1 aliphatic rings. The van der Waals surface area contributed by atoms with Gasteiger partial charge in [-0.25, -0.2) is 0 Å². The van der Waals surface area contributed by atoms with Crippen LogP contribution in [0, 0.1) is 0 Å². The van der Waals surface area contributed by atoms with Gasteiger partial charge in [0, 0.05) is 12.1 Å². The zero-order valence-corrected chi connectivity index (χ0v) is 12.0. The van der Waals surface area contributed by atoms with Crippen LogP contribution in [0.1, 0.15) is 44.1 Å². The normalized spacial score (nSPS) is 17.1. The maximum atomic E-state index is 6.29. The van der Waals surface area contributed by atoms with Crippen LogP contribution in [0.2, 0.25) is 0 Å². The monoisotopic (exact) mass is 269 g/mol. The number of rotatable bonds is 3. The Morgan fingerprint density at radius 2 is 1.70 bits per heavy atom. The van der Waals surface area contributed by atoms with Crippen molar-refractivity contribution < 1.29 is 4.74 Å². The van der Waals surface area contributed by atoms with Crippen LogP contribution in [0.25, 0.3) is 10.8 Å². The molecule has 2 heteroatoms. The van der Waals surface area contributed by atoms with Gasteiger partial charge in [0.05, 0.1) is 6.10 Å². The fraction of sp³-hybridized carbons (Fsp3) is 0.444. The summed E-state index contributed by atoms with van der Waals surface area (Å²) in [5.74, 6) is 0.984. The van der Waals surface area contributed by atoms with E-state index in [2.05, 4.69) is 36.4 Å². The van der Waals surface area contributed by atoms with E-state index in [0.717, 1.165) is 11.3 Å². The first kappa shape index (κ1) is 13.4. The van der Waals surface area contributed by atoms with E-state index in [1.807, 2.05) is 0 Å². The molecule has 0 spiro atoms. The second-order valence-corrected chi connectivity index (χ2v) is 5.70. The molecule has 20 heavy (non-hydrogen) atoms. The van der Waals surface area contributed by atoms with Gasteiger partial charge in [0.25, 0.3) is 0 Å². The second kappa shape index (κ2) is 6.27. The van der Waals surface area contributed by atoms with Crippen LogP contribution in [-0.2, 0) is 6.54 Å². The summed E-state index contributed by atoms with van der Waals surface area (Å²) in [4.78, 5) is 0. The minimum atomic E-state index is 0.365. The molecule has 0 bridgehead atoms. The lowest BCUT2D eigenvalue weighted by Gasteiger charge is -2.20. The molecule has 0 amide bonds. The summed E-state index contributed by atoms with van der Waals surface area (Å²) >= 11 is 0. The van der Waals surface area contributed by atoms with Crippen LogP contribution in [0.5, 0.6) is 5.75 Å². The number of benzene rings is 2. The first-order valence-corrected chi connectivity index (χ1v) is 7.76.